The van der Waals surface area contributed by atoms with Gasteiger partial charge in [0.25, 0.3) is 5.91 Å². The number of nitrogens with one attached hydrogen (secondary N) is 1. The van der Waals surface area contributed by atoms with Crippen LogP contribution in [-0.4, -0.2) is 25.2 Å². The van der Waals surface area contributed by atoms with E-state index in [4.69, 9.17) is 5.73 Å². The summed E-state index contributed by atoms with van der Waals surface area (Å²) in [4.78, 5) is 11.9. The molecule has 0 aromatic carbocycles. The number of aryl methyl sites for hydroxylation is 2. The Hall–Kier alpha value is -2.31. The number of nitrogens with two attached hydrogens (primary N) is 1. The van der Waals surface area contributed by atoms with Crippen molar-refractivity contribution in [3.63, 3.8) is 0 Å². The Morgan fingerprint density at radius 3 is 2.94 bits per heavy atom. The maximum Gasteiger partial charge on any atom is 0.268 e. The van der Waals surface area contributed by atoms with Gasteiger partial charge in [0.1, 0.15) is 12.0 Å². The summed E-state index contributed by atoms with van der Waals surface area (Å²) in [6, 6.07) is 1.64. The number of aromatic nitrogens is 4. The molecule has 1 amide bonds. The molecule has 0 aliphatic rings. The summed E-state index contributed by atoms with van der Waals surface area (Å²) in [6.07, 6.45) is 3.34. The third kappa shape index (κ3) is 2.34. The third-order valence-electron chi connectivity index (χ3n) is 2.70. The summed E-state index contributed by atoms with van der Waals surface area (Å²) in [5.74, 6) is 0.549. The maximum absolute atomic E-state index is 11.9. The first-order valence-electron chi connectivity index (χ1n) is 5.68. The predicted octanol–water partition coefficient (Wildman–Crippen LogP) is 0.149. The van der Waals surface area contributed by atoms with Crippen molar-refractivity contribution >= 4 is 11.6 Å². The molecule has 0 atom stereocenters. The highest BCUT2D eigenvalue weighted by Gasteiger charge is 2.11. The van der Waals surface area contributed by atoms with E-state index in [9.17, 15) is 4.79 Å². The van der Waals surface area contributed by atoms with Gasteiger partial charge in [0.2, 0.25) is 0 Å². The SMILES string of the molecule is CCn1cnnc1CNC(=O)c1cc(N)cn1C. The van der Waals surface area contributed by atoms with E-state index in [0.717, 1.165) is 12.4 Å². The van der Waals surface area contributed by atoms with E-state index in [1.807, 2.05) is 11.5 Å². The Balaban J connectivity index is 2.03. The molecule has 0 saturated heterocycles. The van der Waals surface area contributed by atoms with Gasteiger partial charge in [-0.15, -0.1) is 10.2 Å². The number of nitrogens with zero attached hydrogens (tertiary/aromatic N) is 4. The number of hydrogen-bond donors (Lipinski definition) is 2. The number of amides is 1. The molecule has 7 nitrogen and oxygen atoms in total. The van der Waals surface area contributed by atoms with Crippen LogP contribution in [0.5, 0.6) is 0 Å². The van der Waals surface area contributed by atoms with Crippen LogP contribution in [0.2, 0.25) is 0 Å². The lowest BCUT2D eigenvalue weighted by atomic mass is 10.4. The van der Waals surface area contributed by atoms with E-state index in [0.29, 0.717) is 17.9 Å². The van der Waals surface area contributed by atoms with Crippen LogP contribution >= 0.6 is 0 Å². The van der Waals surface area contributed by atoms with E-state index < -0.39 is 0 Å². The van der Waals surface area contributed by atoms with Gasteiger partial charge in [-0.25, -0.2) is 0 Å². The molecule has 3 N–H and O–H groups in total. The molecule has 2 heterocycles. The highest BCUT2D eigenvalue weighted by Crippen LogP contribution is 2.08. The van der Waals surface area contributed by atoms with E-state index in [1.165, 1.54) is 0 Å². The molecule has 96 valence electrons. The average molecular weight is 248 g/mol. The smallest absolute Gasteiger partial charge is 0.268 e. The number of nitrogen functional groups attached to an aromatic ring is 1. The zero-order valence-electron chi connectivity index (χ0n) is 10.4. The summed E-state index contributed by atoms with van der Waals surface area (Å²) >= 11 is 0. The van der Waals surface area contributed by atoms with E-state index in [-0.39, 0.29) is 5.91 Å². The predicted molar refractivity (Wildman–Crippen MR) is 66.7 cm³/mol. The van der Waals surface area contributed by atoms with Gasteiger partial charge in [-0.2, -0.15) is 0 Å². The Kier molecular flexibility index (Phi) is 3.31. The molecule has 7 heteroatoms. The molecule has 0 saturated carbocycles. The van der Waals surface area contributed by atoms with E-state index >= 15 is 0 Å². The minimum absolute atomic E-state index is 0.181. The van der Waals surface area contributed by atoms with Crippen LogP contribution in [0.15, 0.2) is 18.6 Å². The van der Waals surface area contributed by atoms with Gasteiger partial charge in [-0.3, -0.25) is 4.79 Å². The molecule has 2 rings (SSSR count). The van der Waals surface area contributed by atoms with Crippen molar-refractivity contribution in [2.24, 2.45) is 7.05 Å². The highest BCUT2D eigenvalue weighted by molar-refractivity contribution is 5.93. The van der Waals surface area contributed by atoms with Crippen molar-refractivity contribution in [3.8, 4) is 0 Å². The molecule has 0 spiro atoms. The zero-order valence-corrected chi connectivity index (χ0v) is 10.4. The average Bonchev–Trinajstić information content (AvgIpc) is 2.92. The lowest BCUT2D eigenvalue weighted by Crippen LogP contribution is -2.26. The second-order valence-corrected chi connectivity index (χ2v) is 3.99. The molecule has 0 unspecified atom stereocenters. The van der Waals surface area contributed by atoms with Crippen LogP contribution in [0.1, 0.15) is 23.2 Å². The van der Waals surface area contributed by atoms with Crippen LogP contribution in [0, 0.1) is 0 Å². The first-order valence-corrected chi connectivity index (χ1v) is 5.68. The van der Waals surface area contributed by atoms with Crippen molar-refractivity contribution in [1.82, 2.24) is 24.6 Å². The largest absolute Gasteiger partial charge is 0.397 e. The lowest BCUT2D eigenvalue weighted by Gasteiger charge is -2.06. The fourth-order valence-electron chi connectivity index (χ4n) is 1.75. The normalized spacial score (nSPS) is 10.6. The molecule has 0 aliphatic heterocycles. The summed E-state index contributed by atoms with van der Waals surface area (Å²) in [5, 5.41) is 10.5. The molecule has 0 bridgehead atoms. The van der Waals surface area contributed by atoms with Gasteiger partial charge in [0, 0.05) is 19.8 Å². The zero-order chi connectivity index (χ0) is 13.1. The van der Waals surface area contributed by atoms with Crippen molar-refractivity contribution in [1.29, 1.82) is 0 Å². The van der Waals surface area contributed by atoms with Gasteiger partial charge >= 0.3 is 0 Å². The molecule has 0 radical (unpaired) electrons. The third-order valence-corrected chi connectivity index (χ3v) is 2.70. The molecule has 18 heavy (non-hydrogen) atoms. The van der Waals surface area contributed by atoms with Gasteiger partial charge in [0.15, 0.2) is 5.82 Å². The monoisotopic (exact) mass is 248 g/mol. The van der Waals surface area contributed by atoms with Crippen LogP contribution in [-0.2, 0) is 20.1 Å². The van der Waals surface area contributed by atoms with Crippen LogP contribution in [0.4, 0.5) is 5.69 Å². The molecule has 0 fully saturated rings. The lowest BCUT2D eigenvalue weighted by molar-refractivity contribution is 0.0941. The Morgan fingerprint density at radius 1 is 1.56 bits per heavy atom. The number of carbonyl (C=O) groups excluding carboxylic acids is 1. The summed E-state index contributed by atoms with van der Waals surface area (Å²) in [5.41, 5.74) is 6.72. The second kappa shape index (κ2) is 4.91. The highest BCUT2D eigenvalue weighted by atomic mass is 16.1. The van der Waals surface area contributed by atoms with Crippen molar-refractivity contribution in [3.05, 3.63) is 30.1 Å². The minimum Gasteiger partial charge on any atom is -0.397 e. The Bertz CT molecular complexity index is 556. The standard InChI is InChI=1S/C11H16N6O/c1-3-17-7-14-15-10(17)5-13-11(18)9-4-8(12)6-16(9)2/h4,6-7H,3,5,12H2,1-2H3,(H,13,18). The molecule has 2 aromatic rings. The van der Waals surface area contributed by atoms with Crippen molar-refractivity contribution < 1.29 is 4.79 Å². The van der Waals surface area contributed by atoms with Crippen molar-refractivity contribution in [2.75, 3.05) is 5.73 Å². The van der Waals surface area contributed by atoms with Crippen LogP contribution in [0.25, 0.3) is 0 Å². The maximum atomic E-state index is 11.9. The van der Waals surface area contributed by atoms with E-state index in [1.54, 1.807) is 30.2 Å². The van der Waals surface area contributed by atoms with E-state index in [2.05, 4.69) is 15.5 Å². The number of anilines is 1. The summed E-state index contributed by atoms with van der Waals surface area (Å²) < 4.78 is 3.56. The number of hydrogen-bond acceptors (Lipinski definition) is 4. The van der Waals surface area contributed by atoms with Gasteiger partial charge < -0.3 is 20.2 Å². The molecule has 2 aromatic heterocycles. The molecular weight excluding hydrogens is 232 g/mol. The van der Waals surface area contributed by atoms with Crippen LogP contribution in [0.3, 0.4) is 0 Å². The van der Waals surface area contributed by atoms with Gasteiger partial charge in [-0.1, -0.05) is 0 Å². The topological polar surface area (TPSA) is 90.8 Å². The second-order valence-electron chi connectivity index (χ2n) is 3.99. The Morgan fingerprint density at radius 2 is 2.33 bits per heavy atom. The quantitative estimate of drug-likeness (QED) is 0.805. The minimum atomic E-state index is -0.181. The number of carbonyl (C=O) groups is 1. The summed E-state index contributed by atoms with van der Waals surface area (Å²) in [6.45, 7) is 3.11. The summed E-state index contributed by atoms with van der Waals surface area (Å²) in [7, 11) is 1.78. The molecule has 0 aliphatic carbocycles. The fraction of sp³-hybridized carbons (Fsp3) is 0.364. The van der Waals surface area contributed by atoms with Gasteiger partial charge in [-0.05, 0) is 13.0 Å². The van der Waals surface area contributed by atoms with Crippen molar-refractivity contribution in [2.45, 2.75) is 20.0 Å². The first-order chi connectivity index (χ1) is 8.61. The molecular formula is C11H16N6O. The van der Waals surface area contributed by atoms with Crippen LogP contribution < -0.4 is 11.1 Å². The first kappa shape index (κ1) is 12.2. The number of rotatable bonds is 4. The van der Waals surface area contributed by atoms with Gasteiger partial charge in [0.05, 0.1) is 12.2 Å². The fourth-order valence-corrected chi connectivity index (χ4v) is 1.75. The Labute approximate surface area is 105 Å².